The number of nitrogens with zero attached hydrogens (tertiary/aromatic N) is 2. The molecule has 0 saturated heterocycles. The van der Waals surface area contributed by atoms with Crippen LogP contribution >= 0.6 is 39.1 Å². The normalized spacial score (nSPS) is 11.2. The van der Waals surface area contributed by atoms with E-state index in [9.17, 15) is 13.2 Å². The molecule has 0 unspecified atom stereocenters. The van der Waals surface area contributed by atoms with E-state index < -0.39 is 11.7 Å². The number of benzene rings is 2. The molecule has 0 spiro atoms. The van der Waals surface area contributed by atoms with Crippen LogP contribution in [-0.2, 0) is 6.18 Å². The Kier molecular flexibility index (Phi) is 5.33. The van der Waals surface area contributed by atoms with Crippen molar-refractivity contribution in [2.24, 2.45) is 0 Å². The number of hydrogen-bond donors (Lipinski definition) is 0. The van der Waals surface area contributed by atoms with E-state index in [1.54, 1.807) is 6.07 Å². The number of alkyl halides is 3. The van der Waals surface area contributed by atoms with Crippen molar-refractivity contribution >= 4 is 39.1 Å². The van der Waals surface area contributed by atoms with Gasteiger partial charge in [-0.05, 0) is 48.4 Å². The van der Waals surface area contributed by atoms with Crippen LogP contribution in [0.15, 0.2) is 53.1 Å². The maximum absolute atomic E-state index is 12.8. The molecule has 3 aromatic rings. The summed E-state index contributed by atoms with van der Waals surface area (Å²) in [5, 5.41) is 3.91. The van der Waals surface area contributed by atoms with E-state index in [0.717, 1.165) is 22.2 Å². The molecule has 3 rings (SSSR count). The van der Waals surface area contributed by atoms with Gasteiger partial charge in [0.1, 0.15) is 11.4 Å². The molecule has 0 atom stereocenters. The van der Waals surface area contributed by atoms with Crippen LogP contribution in [0.3, 0.4) is 0 Å². The van der Waals surface area contributed by atoms with Crippen molar-refractivity contribution in [2.75, 3.05) is 0 Å². The van der Waals surface area contributed by atoms with Crippen LogP contribution < -0.4 is 0 Å². The summed E-state index contributed by atoms with van der Waals surface area (Å²) in [5.41, 5.74) is 0.477. The van der Waals surface area contributed by atoms with Gasteiger partial charge in [0, 0.05) is 16.2 Å². The Labute approximate surface area is 165 Å². The van der Waals surface area contributed by atoms with Crippen LogP contribution in [0.5, 0.6) is 0 Å². The van der Waals surface area contributed by atoms with E-state index in [2.05, 4.69) is 32.9 Å². The third kappa shape index (κ3) is 4.24. The molecule has 132 valence electrons. The van der Waals surface area contributed by atoms with Gasteiger partial charge in [0.25, 0.3) is 0 Å². The van der Waals surface area contributed by atoms with E-state index in [4.69, 9.17) is 23.2 Å². The topological polar surface area (TPSA) is 17.8 Å². The quantitative estimate of drug-likeness (QED) is 0.387. The summed E-state index contributed by atoms with van der Waals surface area (Å²) in [7, 11) is 0. The van der Waals surface area contributed by atoms with Crippen LogP contribution in [0.4, 0.5) is 13.2 Å². The maximum Gasteiger partial charge on any atom is 0.416 e. The molecule has 0 radical (unpaired) electrons. The van der Waals surface area contributed by atoms with Crippen molar-refractivity contribution in [1.82, 2.24) is 9.78 Å². The lowest BCUT2D eigenvalue weighted by atomic mass is 10.2. The van der Waals surface area contributed by atoms with Gasteiger partial charge in [-0.3, -0.25) is 0 Å². The highest BCUT2D eigenvalue weighted by Gasteiger charge is 2.32. The molecule has 0 aliphatic carbocycles. The molecule has 0 aliphatic rings. The average Bonchev–Trinajstić information content (AvgIpc) is 3.01. The molecule has 0 amide bonds. The van der Waals surface area contributed by atoms with Gasteiger partial charge in [0.15, 0.2) is 0 Å². The smallest absolute Gasteiger partial charge is 0.237 e. The monoisotopic (exact) mass is 458 g/mol. The van der Waals surface area contributed by atoms with E-state index in [-0.39, 0.29) is 15.7 Å². The molecule has 26 heavy (non-hydrogen) atoms. The minimum Gasteiger partial charge on any atom is -0.237 e. The Bertz CT molecular complexity index is 992. The Hall–Kier alpha value is -1.94. The highest BCUT2D eigenvalue weighted by molar-refractivity contribution is 9.10. The molecule has 0 N–H and O–H groups in total. The molecule has 0 fully saturated rings. The molecule has 0 bridgehead atoms. The fourth-order valence-electron chi connectivity index (χ4n) is 2.13. The summed E-state index contributed by atoms with van der Waals surface area (Å²) in [6.45, 7) is 0. The van der Waals surface area contributed by atoms with Crippen molar-refractivity contribution in [2.45, 2.75) is 6.18 Å². The lowest BCUT2D eigenvalue weighted by Crippen LogP contribution is -2.07. The first-order valence-electron chi connectivity index (χ1n) is 7.14. The average molecular weight is 460 g/mol. The van der Waals surface area contributed by atoms with Crippen molar-refractivity contribution in [3.8, 4) is 17.5 Å². The Balaban J connectivity index is 1.92. The van der Waals surface area contributed by atoms with Crippen molar-refractivity contribution < 1.29 is 13.2 Å². The predicted molar refractivity (Wildman–Crippen MR) is 98.7 cm³/mol. The summed E-state index contributed by atoms with van der Waals surface area (Å²) < 4.78 is 40.7. The van der Waals surface area contributed by atoms with Crippen LogP contribution in [0.25, 0.3) is 5.69 Å². The first-order chi connectivity index (χ1) is 12.2. The largest absolute Gasteiger partial charge is 0.416 e. The van der Waals surface area contributed by atoms with Crippen LogP contribution in [0.2, 0.25) is 10.0 Å². The molecule has 2 aromatic carbocycles. The van der Waals surface area contributed by atoms with Crippen LogP contribution in [-0.4, -0.2) is 9.78 Å². The summed E-state index contributed by atoms with van der Waals surface area (Å²) in [4.78, 5) is 0. The van der Waals surface area contributed by atoms with Gasteiger partial charge in [-0.2, -0.15) is 18.3 Å². The molecule has 2 nitrogen and oxygen atoms in total. The third-order valence-corrected chi connectivity index (χ3v) is 4.45. The number of aromatic nitrogens is 2. The zero-order valence-corrected chi connectivity index (χ0v) is 15.9. The van der Waals surface area contributed by atoms with Crippen LogP contribution in [0.1, 0.15) is 16.8 Å². The van der Waals surface area contributed by atoms with Gasteiger partial charge in [0.05, 0.1) is 15.6 Å². The second-order valence-electron chi connectivity index (χ2n) is 5.19. The molecule has 0 aliphatic heterocycles. The van der Waals surface area contributed by atoms with Crippen molar-refractivity contribution in [1.29, 1.82) is 0 Å². The van der Waals surface area contributed by atoms with Gasteiger partial charge in [-0.25, -0.2) is 4.68 Å². The van der Waals surface area contributed by atoms with Crippen molar-refractivity contribution in [3.63, 3.8) is 0 Å². The molecule has 1 aromatic heterocycles. The maximum atomic E-state index is 12.8. The van der Waals surface area contributed by atoms with Gasteiger partial charge in [-0.1, -0.05) is 45.1 Å². The first kappa shape index (κ1) is 18.8. The Morgan fingerprint density at radius 2 is 1.58 bits per heavy atom. The van der Waals surface area contributed by atoms with E-state index in [1.165, 1.54) is 10.9 Å². The molecular weight excluding hydrogens is 452 g/mol. The fraction of sp³-hybridized carbons (Fsp3) is 0.0556. The van der Waals surface area contributed by atoms with Crippen LogP contribution in [0, 0.1) is 11.8 Å². The molecular formula is C18H8BrCl2F3N2. The lowest BCUT2D eigenvalue weighted by Gasteiger charge is -2.12. The number of halogens is 6. The van der Waals surface area contributed by atoms with Gasteiger partial charge < -0.3 is 0 Å². The molecule has 1 heterocycles. The van der Waals surface area contributed by atoms with Gasteiger partial charge in [-0.15, -0.1) is 0 Å². The predicted octanol–water partition coefficient (Wildman–Crippen LogP) is 6.36. The van der Waals surface area contributed by atoms with Gasteiger partial charge in [0.2, 0.25) is 0 Å². The summed E-state index contributed by atoms with van der Waals surface area (Å²) in [6, 6.07) is 10.7. The molecule has 0 saturated carbocycles. The summed E-state index contributed by atoms with van der Waals surface area (Å²) in [5.74, 6) is 5.83. The van der Waals surface area contributed by atoms with Crippen molar-refractivity contribution in [3.05, 3.63) is 80.0 Å². The van der Waals surface area contributed by atoms with E-state index in [1.807, 2.05) is 24.3 Å². The number of hydrogen-bond acceptors (Lipinski definition) is 1. The fourth-order valence-corrected chi connectivity index (χ4v) is 3.06. The first-order valence-corrected chi connectivity index (χ1v) is 8.69. The second kappa shape index (κ2) is 7.36. The zero-order valence-electron chi connectivity index (χ0n) is 12.8. The summed E-state index contributed by atoms with van der Waals surface area (Å²) >= 11 is 15.3. The Morgan fingerprint density at radius 1 is 0.962 bits per heavy atom. The minimum absolute atomic E-state index is 0.152. The summed E-state index contributed by atoms with van der Waals surface area (Å²) in [6.07, 6.45) is -3.00. The zero-order chi connectivity index (χ0) is 18.9. The minimum atomic E-state index is -4.53. The lowest BCUT2D eigenvalue weighted by molar-refractivity contribution is -0.137. The van der Waals surface area contributed by atoms with Gasteiger partial charge >= 0.3 is 6.18 Å². The highest BCUT2D eigenvalue weighted by Crippen LogP contribution is 2.37. The second-order valence-corrected chi connectivity index (χ2v) is 6.92. The SMILES string of the molecule is FC(F)(F)c1cc(Cl)c(-n2ccc(C#Cc3ccc(Br)cc3)n2)c(Cl)c1. The molecule has 8 heteroatoms. The third-order valence-electron chi connectivity index (χ3n) is 3.34. The Morgan fingerprint density at radius 3 is 2.15 bits per heavy atom. The number of rotatable bonds is 1. The van der Waals surface area contributed by atoms with E-state index in [0.29, 0.717) is 5.69 Å². The van der Waals surface area contributed by atoms with E-state index >= 15 is 0 Å². The highest BCUT2D eigenvalue weighted by atomic mass is 79.9. The standard InChI is InChI=1S/C18H8BrCl2F3N2/c19-13-4-1-11(2-5-13)3-6-14-7-8-26(25-14)17-15(20)9-12(10-16(17)21)18(22,23)24/h1-2,4-5,7-10H.